The van der Waals surface area contributed by atoms with E-state index in [1.54, 1.807) is 6.20 Å². The summed E-state index contributed by atoms with van der Waals surface area (Å²) in [4.78, 5) is 11.1. The standard InChI is InChI=1S/C17H24N4/c1-4-16(18)17(14-8-6-10-19-11-14)21(3)12-15-9-5-7-13(2)20-15/h5-11,16-17H,4,12,18H2,1-3H3. The van der Waals surface area contributed by atoms with Crippen LogP contribution in [-0.2, 0) is 6.54 Å². The van der Waals surface area contributed by atoms with Crippen LogP contribution in [0.2, 0.25) is 0 Å². The molecule has 112 valence electrons. The lowest BCUT2D eigenvalue weighted by molar-refractivity contribution is 0.199. The van der Waals surface area contributed by atoms with Crippen LogP contribution in [-0.4, -0.2) is 28.0 Å². The minimum Gasteiger partial charge on any atom is -0.326 e. The molecule has 2 aromatic rings. The van der Waals surface area contributed by atoms with E-state index in [0.717, 1.165) is 29.9 Å². The van der Waals surface area contributed by atoms with Gasteiger partial charge in [0.1, 0.15) is 0 Å². The second-order valence-corrected chi connectivity index (χ2v) is 5.49. The molecule has 21 heavy (non-hydrogen) atoms. The van der Waals surface area contributed by atoms with E-state index in [4.69, 9.17) is 5.73 Å². The number of nitrogens with zero attached hydrogens (tertiary/aromatic N) is 3. The number of likely N-dealkylation sites (N-methyl/N-ethyl adjacent to an activating group) is 1. The highest BCUT2D eigenvalue weighted by atomic mass is 15.2. The first-order valence-electron chi connectivity index (χ1n) is 7.40. The Morgan fingerprint density at radius 3 is 2.67 bits per heavy atom. The molecular formula is C17H24N4. The molecule has 2 heterocycles. The molecule has 2 atom stereocenters. The molecule has 2 rings (SSSR count). The van der Waals surface area contributed by atoms with Gasteiger partial charge in [-0.1, -0.05) is 19.1 Å². The van der Waals surface area contributed by atoms with E-state index in [-0.39, 0.29) is 12.1 Å². The molecule has 0 amide bonds. The molecule has 0 saturated carbocycles. The van der Waals surface area contributed by atoms with Crippen molar-refractivity contribution in [2.45, 2.75) is 38.9 Å². The fraction of sp³-hybridized carbons (Fsp3) is 0.412. The van der Waals surface area contributed by atoms with Gasteiger partial charge in [0.15, 0.2) is 0 Å². The molecule has 4 nitrogen and oxygen atoms in total. The molecule has 0 saturated heterocycles. The summed E-state index contributed by atoms with van der Waals surface area (Å²) in [6.45, 7) is 4.90. The maximum atomic E-state index is 6.34. The summed E-state index contributed by atoms with van der Waals surface area (Å²) in [5.41, 5.74) is 9.60. The van der Waals surface area contributed by atoms with Crippen molar-refractivity contribution in [3.63, 3.8) is 0 Å². The van der Waals surface area contributed by atoms with Gasteiger partial charge in [0.2, 0.25) is 0 Å². The summed E-state index contributed by atoms with van der Waals surface area (Å²) in [6.07, 6.45) is 4.62. The van der Waals surface area contributed by atoms with Crippen LogP contribution >= 0.6 is 0 Å². The van der Waals surface area contributed by atoms with Gasteiger partial charge in [-0.15, -0.1) is 0 Å². The second kappa shape index (κ2) is 7.29. The maximum absolute atomic E-state index is 6.34. The van der Waals surface area contributed by atoms with Crippen molar-refractivity contribution < 1.29 is 0 Å². The van der Waals surface area contributed by atoms with Crippen LogP contribution in [0.1, 0.15) is 36.3 Å². The van der Waals surface area contributed by atoms with Gasteiger partial charge in [-0.2, -0.15) is 0 Å². The zero-order valence-corrected chi connectivity index (χ0v) is 13.0. The average Bonchev–Trinajstić information content (AvgIpc) is 2.48. The summed E-state index contributed by atoms with van der Waals surface area (Å²) < 4.78 is 0. The number of hydrogen-bond donors (Lipinski definition) is 1. The average molecular weight is 284 g/mol. The van der Waals surface area contributed by atoms with Crippen molar-refractivity contribution in [2.24, 2.45) is 5.73 Å². The summed E-state index contributed by atoms with van der Waals surface area (Å²) in [5.74, 6) is 0. The third-order valence-corrected chi connectivity index (χ3v) is 3.74. The van der Waals surface area contributed by atoms with Crippen molar-refractivity contribution in [1.29, 1.82) is 0 Å². The molecular weight excluding hydrogens is 260 g/mol. The molecule has 0 bridgehead atoms. The van der Waals surface area contributed by atoms with Crippen molar-refractivity contribution in [1.82, 2.24) is 14.9 Å². The molecule has 0 aliphatic carbocycles. The Hall–Kier alpha value is -1.78. The number of aromatic nitrogens is 2. The minimum atomic E-state index is 0.0732. The van der Waals surface area contributed by atoms with Crippen LogP contribution in [0.15, 0.2) is 42.7 Å². The number of rotatable bonds is 6. The largest absolute Gasteiger partial charge is 0.326 e. The summed E-state index contributed by atoms with van der Waals surface area (Å²) in [7, 11) is 2.09. The first-order chi connectivity index (χ1) is 10.1. The highest BCUT2D eigenvalue weighted by Gasteiger charge is 2.23. The van der Waals surface area contributed by atoms with E-state index in [0.29, 0.717) is 0 Å². The van der Waals surface area contributed by atoms with E-state index in [9.17, 15) is 0 Å². The van der Waals surface area contributed by atoms with E-state index in [2.05, 4.69) is 41.0 Å². The van der Waals surface area contributed by atoms with Crippen molar-refractivity contribution in [3.05, 3.63) is 59.7 Å². The highest BCUT2D eigenvalue weighted by molar-refractivity contribution is 5.17. The normalized spacial score (nSPS) is 14.1. The molecule has 0 aromatic carbocycles. The highest BCUT2D eigenvalue weighted by Crippen LogP contribution is 2.24. The maximum Gasteiger partial charge on any atom is 0.0547 e. The third kappa shape index (κ3) is 4.09. The Bertz CT molecular complexity index is 556. The minimum absolute atomic E-state index is 0.0732. The first kappa shape index (κ1) is 15.6. The topological polar surface area (TPSA) is 55.0 Å². The number of pyridine rings is 2. The number of hydrogen-bond acceptors (Lipinski definition) is 4. The zero-order chi connectivity index (χ0) is 15.2. The van der Waals surface area contributed by atoms with E-state index in [1.807, 2.05) is 31.3 Å². The molecule has 2 unspecified atom stereocenters. The van der Waals surface area contributed by atoms with Crippen LogP contribution in [0.3, 0.4) is 0 Å². The van der Waals surface area contributed by atoms with Gasteiger partial charge in [-0.25, -0.2) is 0 Å². The lowest BCUT2D eigenvalue weighted by Crippen LogP contribution is -2.38. The first-order valence-corrected chi connectivity index (χ1v) is 7.40. The lowest BCUT2D eigenvalue weighted by Gasteiger charge is -2.32. The predicted molar refractivity (Wildman–Crippen MR) is 85.7 cm³/mol. The molecule has 0 fully saturated rings. The van der Waals surface area contributed by atoms with E-state index in [1.165, 1.54) is 0 Å². The zero-order valence-electron chi connectivity index (χ0n) is 13.0. The Morgan fingerprint density at radius 2 is 2.05 bits per heavy atom. The van der Waals surface area contributed by atoms with Crippen molar-refractivity contribution in [3.8, 4) is 0 Å². The quantitative estimate of drug-likeness (QED) is 0.886. The van der Waals surface area contributed by atoms with Crippen LogP contribution < -0.4 is 5.73 Å². The molecule has 0 radical (unpaired) electrons. The molecule has 0 aliphatic heterocycles. The Labute approximate surface area is 127 Å². The van der Waals surface area contributed by atoms with Gasteiger partial charge in [-0.3, -0.25) is 14.9 Å². The van der Waals surface area contributed by atoms with Crippen LogP contribution in [0.5, 0.6) is 0 Å². The van der Waals surface area contributed by atoms with Gasteiger partial charge >= 0.3 is 0 Å². The molecule has 0 aliphatic rings. The van der Waals surface area contributed by atoms with E-state index >= 15 is 0 Å². The van der Waals surface area contributed by atoms with Crippen LogP contribution in [0, 0.1) is 6.92 Å². The molecule has 2 N–H and O–H groups in total. The monoisotopic (exact) mass is 284 g/mol. The van der Waals surface area contributed by atoms with Crippen LogP contribution in [0.25, 0.3) is 0 Å². The summed E-state index contributed by atoms with van der Waals surface area (Å²) in [6, 6.07) is 10.4. The molecule has 0 spiro atoms. The number of nitrogens with two attached hydrogens (primary N) is 1. The lowest BCUT2D eigenvalue weighted by atomic mass is 9.98. The fourth-order valence-corrected chi connectivity index (χ4v) is 2.64. The predicted octanol–water partition coefficient (Wildman–Crippen LogP) is 2.70. The van der Waals surface area contributed by atoms with Gasteiger partial charge in [-0.05, 0) is 44.2 Å². The van der Waals surface area contributed by atoms with Gasteiger partial charge in [0, 0.05) is 30.7 Å². The Balaban J connectivity index is 2.20. The van der Waals surface area contributed by atoms with Crippen molar-refractivity contribution in [2.75, 3.05) is 7.05 Å². The Kier molecular flexibility index (Phi) is 5.42. The Morgan fingerprint density at radius 1 is 1.24 bits per heavy atom. The van der Waals surface area contributed by atoms with Gasteiger partial charge in [0.25, 0.3) is 0 Å². The second-order valence-electron chi connectivity index (χ2n) is 5.49. The third-order valence-electron chi connectivity index (χ3n) is 3.74. The van der Waals surface area contributed by atoms with Gasteiger partial charge in [0.05, 0.1) is 11.7 Å². The molecule has 2 aromatic heterocycles. The van der Waals surface area contributed by atoms with E-state index < -0.39 is 0 Å². The SMILES string of the molecule is CCC(N)C(c1cccnc1)N(C)Cc1cccc(C)n1. The fourth-order valence-electron chi connectivity index (χ4n) is 2.64. The van der Waals surface area contributed by atoms with Crippen LogP contribution in [0.4, 0.5) is 0 Å². The summed E-state index contributed by atoms with van der Waals surface area (Å²) >= 11 is 0. The van der Waals surface area contributed by atoms with Gasteiger partial charge < -0.3 is 5.73 Å². The summed E-state index contributed by atoms with van der Waals surface area (Å²) in [5, 5.41) is 0. The number of aryl methyl sites for hydroxylation is 1. The molecule has 4 heteroatoms. The smallest absolute Gasteiger partial charge is 0.0547 e. The van der Waals surface area contributed by atoms with Crippen molar-refractivity contribution >= 4 is 0 Å².